The Bertz CT molecular complexity index is 639. The molecule has 5 aliphatic rings. The lowest BCUT2D eigenvalue weighted by Crippen LogP contribution is -2.54. The van der Waals surface area contributed by atoms with Crippen molar-refractivity contribution in [3.63, 3.8) is 0 Å². The van der Waals surface area contributed by atoms with Crippen molar-refractivity contribution >= 4 is 5.78 Å². The molecule has 3 heteroatoms. The molecule has 5 rings (SSSR count). The van der Waals surface area contributed by atoms with Crippen LogP contribution in [0.1, 0.15) is 65.7 Å². The number of hydrogen-bond acceptors (Lipinski definition) is 3. The van der Waals surface area contributed by atoms with Gasteiger partial charge in [0.15, 0.2) is 11.4 Å². The molecule has 3 saturated carbocycles. The second-order valence-corrected chi connectivity index (χ2v) is 9.75. The summed E-state index contributed by atoms with van der Waals surface area (Å²) in [6, 6.07) is 0. The van der Waals surface area contributed by atoms with Gasteiger partial charge in [-0.05, 0) is 75.0 Å². The average Bonchev–Trinajstić information content (AvgIpc) is 3.21. The number of aliphatic hydroxyl groups is 1. The van der Waals surface area contributed by atoms with Crippen molar-refractivity contribution < 1.29 is 14.6 Å². The van der Waals surface area contributed by atoms with Crippen LogP contribution in [0.4, 0.5) is 0 Å². The molecule has 0 unspecified atom stereocenters. The zero-order valence-corrected chi connectivity index (χ0v) is 15.2. The highest BCUT2D eigenvalue weighted by Crippen LogP contribution is 2.73. The van der Waals surface area contributed by atoms with Crippen molar-refractivity contribution in [2.45, 2.75) is 83.5 Å². The van der Waals surface area contributed by atoms with Crippen LogP contribution in [0.3, 0.4) is 0 Å². The number of rotatable bonds is 1. The molecule has 3 nitrogen and oxygen atoms in total. The monoisotopic (exact) mass is 330 g/mol. The summed E-state index contributed by atoms with van der Waals surface area (Å²) in [6.45, 7) is 6.54. The van der Waals surface area contributed by atoms with E-state index < -0.39 is 5.60 Å². The van der Waals surface area contributed by atoms with Gasteiger partial charge in [0.05, 0.1) is 12.2 Å². The quantitative estimate of drug-likeness (QED) is 0.590. The van der Waals surface area contributed by atoms with E-state index in [1.165, 1.54) is 12.0 Å². The van der Waals surface area contributed by atoms with Crippen molar-refractivity contribution in [2.24, 2.45) is 28.6 Å². The largest absolute Gasteiger partial charge is 0.393 e. The first-order valence-corrected chi connectivity index (χ1v) is 9.89. The molecule has 1 aliphatic heterocycles. The molecule has 1 N–H and O–H groups in total. The lowest BCUT2D eigenvalue weighted by Gasteiger charge is -2.58. The van der Waals surface area contributed by atoms with Crippen LogP contribution in [-0.4, -0.2) is 28.7 Å². The SMILES string of the molecule is CC(=O)[C@]12O[C@H]1C[C@@H]1[C@@H]3CC=C4C[C@H](O)CC[C@]4(C)[C@@H]3CC[C@]12C. The van der Waals surface area contributed by atoms with Gasteiger partial charge in [-0.15, -0.1) is 0 Å². The molecule has 0 aromatic carbocycles. The minimum Gasteiger partial charge on any atom is -0.393 e. The molecule has 1 saturated heterocycles. The van der Waals surface area contributed by atoms with Crippen molar-refractivity contribution in [3.05, 3.63) is 11.6 Å². The van der Waals surface area contributed by atoms with Gasteiger partial charge in [-0.3, -0.25) is 4.79 Å². The maximum absolute atomic E-state index is 12.4. The summed E-state index contributed by atoms with van der Waals surface area (Å²) in [7, 11) is 0. The minimum atomic E-state index is -0.448. The topological polar surface area (TPSA) is 49.8 Å². The molecular formula is C21H30O3. The molecule has 24 heavy (non-hydrogen) atoms. The van der Waals surface area contributed by atoms with Crippen molar-refractivity contribution in [1.29, 1.82) is 0 Å². The van der Waals surface area contributed by atoms with E-state index in [-0.39, 0.29) is 28.8 Å². The number of ether oxygens (including phenoxy) is 1. The Hall–Kier alpha value is -0.670. The zero-order valence-electron chi connectivity index (χ0n) is 15.2. The van der Waals surface area contributed by atoms with Crippen molar-refractivity contribution in [3.8, 4) is 0 Å². The Kier molecular flexibility index (Phi) is 2.94. The highest BCUT2D eigenvalue weighted by molar-refractivity contribution is 5.90. The number of hydrogen-bond donors (Lipinski definition) is 1. The van der Waals surface area contributed by atoms with E-state index in [9.17, 15) is 9.90 Å². The number of allylic oxidation sites excluding steroid dienone is 1. The molecule has 1 heterocycles. The second-order valence-electron chi connectivity index (χ2n) is 9.75. The van der Waals surface area contributed by atoms with E-state index in [4.69, 9.17) is 4.74 Å². The maximum Gasteiger partial charge on any atom is 0.164 e. The fourth-order valence-corrected chi connectivity index (χ4v) is 7.71. The zero-order chi connectivity index (χ0) is 16.9. The summed E-state index contributed by atoms with van der Waals surface area (Å²) in [5, 5.41) is 10.1. The molecule has 0 spiro atoms. The fourth-order valence-electron chi connectivity index (χ4n) is 7.71. The first-order chi connectivity index (χ1) is 11.3. The van der Waals surface area contributed by atoms with E-state index >= 15 is 0 Å². The molecule has 132 valence electrons. The van der Waals surface area contributed by atoms with Gasteiger partial charge >= 0.3 is 0 Å². The molecule has 0 amide bonds. The van der Waals surface area contributed by atoms with Crippen LogP contribution in [0.25, 0.3) is 0 Å². The first kappa shape index (κ1) is 15.6. The number of aliphatic hydroxyl groups excluding tert-OH is 1. The van der Waals surface area contributed by atoms with Crippen LogP contribution >= 0.6 is 0 Å². The predicted molar refractivity (Wildman–Crippen MR) is 91.4 cm³/mol. The van der Waals surface area contributed by atoms with Crippen LogP contribution in [-0.2, 0) is 9.53 Å². The predicted octanol–water partition coefficient (Wildman–Crippen LogP) is 3.65. The normalized spacial score (nSPS) is 58.0. The number of epoxide rings is 1. The summed E-state index contributed by atoms with van der Waals surface area (Å²) in [4.78, 5) is 12.4. The Morgan fingerprint density at radius 1 is 1.25 bits per heavy atom. The van der Waals surface area contributed by atoms with Crippen LogP contribution in [0.5, 0.6) is 0 Å². The Morgan fingerprint density at radius 3 is 2.79 bits per heavy atom. The van der Waals surface area contributed by atoms with E-state index in [1.54, 1.807) is 6.92 Å². The number of fused-ring (bicyclic) bond motifs is 7. The summed E-state index contributed by atoms with van der Waals surface area (Å²) in [6.07, 6.45) is 10.0. The summed E-state index contributed by atoms with van der Waals surface area (Å²) < 4.78 is 6.00. The molecule has 0 aromatic heterocycles. The van der Waals surface area contributed by atoms with Gasteiger partial charge < -0.3 is 9.84 Å². The highest BCUT2D eigenvalue weighted by Gasteiger charge is 2.79. The maximum atomic E-state index is 12.4. The van der Waals surface area contributed by atoms with Crippen molar-refractivity contribution in [2.75, 3.05) is 0 Å². The van der Waals surface area contributed by atoms with Gasteiger partial charge in [-0.25, -0.2) is 0 Å². The van der Waals surface area contributed by atoms with Crippen molar-refractivity contribution in [1.82, 2.24) is 0 Å². The van der Waals surface area contributed by atoms with E-state index in [2.05, 4.69) is 19.9 Å². The summed E-state index contributed by atoms with van der Waals surface area (Å²) >= 11 is 0. The van der Waals surface area contributed by atoms with Gasteiger partial charge in [-0.2, -0.15) is 0 Å². The van der Waals surface area contributed by atoms with Gasteiger partial charge in [0.2, 0.25) is 0 Å². The van der Waals surface area contributed by atoms with Gasteiger partial charge in [0.25, 0.3) is 0 Å². The number of carbonyl (C=O) groups is 1. The Balaban J connectivity index is 1.51. The average molecular weight is 330 g/mol. The van der Waals surface area contributed by atoms with Gasteiger partial charge in [0, 0.05) is 5.41 Å². The molecule has 0 aromatic rings. The van der Waals surface area contributed by atoms with Crippen LogP contribution in [0.15, 0.2) is 11.6 Å². The standard InChI is InChI=1S/C21H30O3/c1-12(22)21-18(24-21)11-17-15-5-4-13-10-14(23)6-8-19(13,2)16(15)7-9-20(17,21)3/h4,14-18,23H,5-11H2,1-3H3/t14-,15-,16-,17-,18+,19+,20-,21+/m1/s1. The van der Waals surface area contributed by atoms with Gasteiger partial charge in [0.1, 0.15) is 0 Å². The number of carbonyl (C=O) groups excluding carboxylic acids is 1. The lowest BCUT2D eigenvalue weighted by molar-refractivity contribution is -0.135. The Labute approximate surface area is 144 Å². The molecule has 0 radical (unpaired) electrons. The van der Waals surface area contributed by atoms with Crippen LogP contribution in [0.2, 0.25) is 0 Å². The van der Waals surface area contributed by atoms with Crippen LogP contribution < -0.4 is 0 Å². The molecule has 0 bridgehead atoms. The van der Waals surface area contributed by atoms with E-state index in [0.29, 0.717) is 11.8 Å². The third kappa shape index (κ3) is 1.60. The summed E-state index contributed by atoms with van der Waals surface area (Å²) in [5.74, 6) is 2.31. The van der Waals surface area contributed by atoms with E-state index in [0.717, 1.165) is 44.4 Å². The van der Waals surface area contributed by atoms with Gasteiger partial charge in [-0.1, -0.05) is 25.5 Å². The second kappa shape index (κ2) is 4.54. The third-order valence-corrected chi connectivity index (χ3v) is 9.03. The number of ketones is 1. The smallest absolute Gasteiger partial charge is 0.164 e. The molecular weight excluding hydrogens is 300 g/mol. The first-order valence-electron chi connectivity index (χ1n) is 9.89. The van der Waals surface area contributed by atoms with Crippen LogP contribution in [0, 0.1) is 28.6 Å². The summed E-state index contributed by atoms with van der Waals surface area (Å²) in [5.41, 5.74) is 1.39. The number of Topliss-reactive ketones (excluding diaryl/α,β-unsaturated/α-hetero) is 1. The molecule has 8 atom stereocenters. The lowest BCUT2D eigenvalue weighted by atomic mass is 9.47. The Morgan fingerprint density at radius 2 is 2.04 bits per heavy atom. The van der Waals surface area contributed by atoms with E-state index in [1.807, 2.05) is 0 Å². The highest BCUT2D eigenvalue weighted by atomic mass is 16.6. The molecule has 4 aliphatic carbocycles. The fraction of sp³-hybridized carbons (Fsp3) is 0.857. The minimum absolute atomic E-state index is 0.0422. The third-order valence-electron chi connectivity index (χ3n) is 9.03. The molecule has 4 fully saturated rings.